The predicted molar refractivity (Wildman–Crippen MR) is 254 cm³/mol. The smallest absolute Gasteiger partial charge is 0.857 e. The van der Waals surface area contributed by atoms with E-state index in [1.165, 1.54) is 14.2 Å². The summed E-state index contributed by atoms with van der Waals surface area (Å²) in [5.74, 6) is -1.16. The number of isocyanates is 1. The molecule has 24 nitrogen and oxygen atoms in total. The molecule has 0 spiro atoms. The number of halogens is 1. The number of esters is 2. The van der Waals surface area contributed by atoms with Crippen LogP contribution in [0.25, 0.3) is 0 Å². The molecule has 2 aromatic rings. The molecule has 0 bridgehead atoms. The van der Waals surface area contributed by atoms with E-state index in [0.717, 1.165) is 64.1 Å². The van der Waals surface area contributed by atoms with Crippen molar-refractivity contribution >= 4 is 73.3 Å². The average molecular weight is 1050 g/mol. The summed E-state index contributed by atoms with van der Waals surface area (Å²) in [4.78, 5) is 95.8. The fourth-order valence-corrected chi connectivity index (χ4v) is 5.58. The molecule has 7 amide bonds. The molecule has 0 unspecified atom stereocenters. The number of carbonyl (C=O) groups excluding carboxylic acids is 9. The molecule has 71 heavy (non-hydrogen) atoms. The van der Waals surface area contributed by atoms with Gasteiger partial charge in [0.15, 0.2) is 8.24 Å². The van der Waals surface area contributed by atoms with Crippen molar-refractivity contribution in [2.75, 3.05) is 61.0 Å². The first-order valence-corrected chi connectivity index (χ1v) is 25.3. The van der Waals surface area contributed by atoms with Crippen LogP contribution in [0.4, 0.5) is 19.2 Å². The average Bonchev–Trinajstić information content (AvgIpc) is 3.31. The largest absolute Gasteiger partial charge is 1.00 e. The Kier molecular flexibility index (Phi) is 42.8. The van der Waals surface area contributed by atoms with E-state index in [1.807, 2.05) is 31.8 Å². The van der Waals surface area contributed by atoms with Gasteiger partial charge in [0.2, 0.25) is 17.9 Å². The van der Waals surface area contributed by atoms with Crippen LogP contribution in [0.1, 0.15) is 51.4 Å². The molecule has 4 aliphatic rings. The van der Waals surface area contributed by atoms with Crippen molar-refractivity contribution in [3.63, 3.8) is 0 Å². The molecule has 0 radical (unpaired) electrons. The van der Waals surface area contributed by atoms with Gasteiger partial charge in [-0.25, -0.2) is 28.6 Å². The van der Waals surface area contributed by atoms with Crippen LogP contribution >= 0.6 is 11.6 Å². The van der Waals surface area contributed by atoms with Gasteiger partial charge in [-0.1, -0.05) is 36.4 Å². The second-order valence-corrected chi connectivity index (χ2v) is 19.9. The van der Waals surface area contributed by atoms with E-state index in [1.54, 1.807) is 54.6 Å². The molecule has 0 saturated carbocycles. The summed E-state index contributed by atoms with van der Waals surface area (Å²) >= 11 is 4.95. The Labute approximate surface area is 441 Å². The van der Waals surface area contributed by atoms with E-state index >= 15 is 0 Å². The summed E-state index contributed by atoms with van der Waals surface area (Å²) in [6, 6.07) is 16.8. The Morgan fingerprint density at radius 3 is 1.52 bits per heavy atom. The van der Waals surface area contributed by atoms with Crippen LogP contribution in [-0.4, -0.2) is 146 Å². The molecule has 0 atom stereocenters. The van der Waals surface area contributed by atoms with Gasteiger partial charge in [0, 0.05) is 69.4 Å². The van der Waals surface area contributed by atoms with Gasteiger partial charge in [0.05, 0.1) is 14.2 Å². The molecule has 27 heteroatoms. The predicted octanol–water partition coefficient (Wildman–Crippen LogP) is 0.0201. The summed E-state index contributed by atoms with van der Waals surface area (Å²) in [7, 11) is 1.72. The molecule has 0 aliphatic carbocycles. The van der Waals surface area contributed by atoms with Gasteiger partial charge in [0.25, 0.3) is 0 Å². The molecular weight excluding hydrogens is 985 g/mol. The number of methoxy groups -OCH3 is 2. The molecule has 0 aromatic heterocycles. The van der Waals surface area contributed by atoms with Crippen LogP contribution in [0.15, 0.2) is 65.3 Å². The van der Waals surface area contributed by atoms with Gasteiger partial charge in [0.1, 0.15) is 24.3 Å². The number of rotatable bonds is 7. The number of carbonyl (C=O) groups is 8. The first-order valence-electron chi connectivity index (χ1n) is 21.5. The maximum atomic E-state index is 11.5. The van der Waals surface area contributed by atoms with Crippen molar-refractivity contribution in [1.82, 2.24) is 15.5 Å². The number of nitrogens with two attached hydrogens (primary N) is 3. The van der Waals surface area contributed by atoms with E-state index < -0.39 is 55.6 Å². The number of nitrogens with one attached hydrogen (secondary N) is 2. The Hall–Kier alpha value is -5.31. The second kappa shape index (κ2) is 43.5. The SMILES string of the molecule is COC(=O)CC(=O)OC.C[O-].C[Si](C)(C)N=C=O.NC(=O)NC1CCOCC1.NC(=O)Oc1ccccc1.NC1CCOCC1.O=C(Cl)Oc1ccccc1.O=C1CC(=O)N(C2CCOCC2)C(=O)N1.[Na+]. The first kappa shape index (κ1) is 69.9. The minimum absolute atomic E-state index is 0. The Morgan fingerprint density at radius 1 is 0.775 bits per heavy atom. The van der Waals surface area contributed by atoms with Crippen LogP contribution in [0.5, 0.6) is 11.5 Å². The second-order valence-electron chi connectivity index (χ2n) is 15.1. The van der Waals surface area contributed by atoms with E-state index in [0.29, 0.717) is 43.6 Å². The number of benzene rings is 2. The summed E-state index contributed by atoms with van der Waals surface area (Å²) in [6.07, 6.45) is 5.34. The third-order valence-corrected chi connectivity index (χ3v) is 9.30. The number of barbiturate groups is 1. The normalized spacial score (nSPS) is 15.1. The summed E-state index contributed by atoms with van der Waals surface area (Å²) < 4.78 is 36.3. The summed E-state index contributed by atoms with van der Waals surface area (Å²) in [5, 5.41) is 13.0. The van der Waals surface area contributed by atoms with E-state index in [-0.39, 0.29) is 54.5 Å². The van der Waals surface area contributed by atoms with Gasteiger partial charge in [-0.05, 0) is 82.4 Å². The van der Waals surface area contributed by atoms with Crippen LogP contribution in [0.3, 0.4) is 0 Å². The van der Waals surface area contributed by atoms with Crippen LogP contribution in [-0.2, 0) is 47.7 Å². The molecule has 8 N–H and O–H groups in total. The molecule has 392 valence electrons. The minimum Gasteiger partial charge on any atom is -0.857 e. The number of imide groups is 2. The zero-order valence-corrected chi connectivity index (χ0v) is 45.1. The van der Waals surface area contributed by atoms with Crippen molar-refractivity contribution in [1.29, 1.82) is 0 Å². The minimum atomic E-state index is -1.46. The van der Waals surface area contributed by atoms with Crippen molar-refractivity contribution in [3.05, 3.63) is 60.7 Å². The maximum absolute atomic E-state index is 11.5. The van der Waals surface area contributed by atoms with E-state index in [9.17, 15) is 43.2 Å². The number of para-hydroxylation sites is 2. The number of nitrogens with zero attached hydrogens (tertiary/aromatic N) is 2. The quantitative estimate of drug-likeness (QED) is 0.0609. The van der Waals surface area contributed by atoms with Crippen LogP contribution in [0.2, 0.25) is 19.6 Å². The third-order valence-electron chi connectivity index (χ3n) is 8.46. The zero-order valence-electron chi connectivity index (χ0n) is 41.3. The number of hydrogen-bond acceptors (Lipinski definition) is 19. The summed E-state index contributed by atoms with van der Waals surface area (Å²) in [6.45, 7) is 10.2. The van der Waals surface area contributed by atoms with Crippen LogP contribution < -0.4 is 72.0 Å². The van der Waals surface area contributed by atoms with Gasteiger partial charge in [-0.15, -0.1) is 0 Å². The van der Waals surface area contributed by atoms with E-state index in [4.69, 9.17) is 48.1 Å². The zero-order chi connectivity index (χ0) is 53.3. The number of amides is 7. The van der Waals surface area contributed by atoms with Crippen molar-refractivity contribution in [3.8, 4) is 11.5 Å². The number of primary amides is 2. The molecule has 4 fully saturated rings. The van der Waals surface area contributed by atoms with Crippen LogP contribution in [0, 0.1) is 0 Å². The monoisotopic (exact) mass is 1050 g/mol. The Bertz CT molecular complexity index is 1800. The van der Waals surface area contributed by atoms with Gasteiger partial charge < -0.3 is 60.8 Å². The van der Waals surface area contributed by atoms with Gasteiger partial charge >= 0.3 is 65.1 Å². The van der Waals surface area contributed by atoms with Gasteiger partial charge in [-0.3, -0.25) is 29.4 Å². The fraction of sp³-hybridized carbons (Fsp3) is 0.523. The topological polar surface area (TPSA) is 359 Å². The first-order chi connectivity index (χ1) is 33.2. The standard InChI is InChI=1S/C9H12N2O4.C7H5ClO2.C7H7NO2.C6H12N2O2.C5H11NO.C5H8O4.C4H9NOSi.CH3O.Na/c12-7-5-8(13)11(9(14)10-7)6-1-3-15-4-2-6;2*8-7(9)10-6-4-2-1-3-5-6;7-6(9)8-5-1-3-10-4-2-5;6-5-1-3-7-4-2-5;1-8-4(6)3-5(7)9-2;1-7(2,3)5-4-6;1-2;/h6H,1-5H2,(H,10,12,14);1-5H;1-5H,(H2,8,9);5H,1-4H2,(H3,7,8,9);5H,1-4,6H2;3H2,1-2H3;1-3H3;1H3;/q;;;;;;;-1;+1. The Balaban J connectivity index is -0.000000764. The van der Waals surface area contributed by atoms with Crippen molar-refractivity contribution in [2.45, 2.75) is 89.1 Å². The fourth-order valence-electron chi connectivity index (χ4n) is 5.22. The maximum Gasteiger partial charge on any atom is 1.00 e. The van der Waals surface area contributed by atoms with Gasteiger partial charge in [-0.2, -0.15) is 7.11 Å². The van der Waals surface area contributed by atoms with Crippen molar-refractivity contribution in [2.24, 2.45) is 21.9 Å². The molecule has 4 heterocycles. The number of hydrogen-bond donors (Lipinski definition) is 5. The molecule has 4 saturated heterocycles. The Morgan fingerprint density at radius 2 is 1.20 bits per heavy atom. The van der Waals surface area contributed by atoms with E-state index in [2.05, 4.69) is 34.2 Å². The molecule has 4 aliphatic heterocycles. The molecule has 2 aromatic carbocycles. The van der Waals surface area contributed by atoms with Crippen molar-refractivity contribution < 1.29 is 111 Å². The summed E-state index contributed by atoms with van der Waals surface area (Å²) in [5.41, 5.74) is 14.4. The number of ether oxygens (including phenoxy) is 7. The molecular formula is C44H67ClN7NaO17Si. The molecule has 6 rings (SSSR count). The number of urea groups is 2. The third kappa shape index (κ3) is 41.1.